The number of likely N-dealkylation sites (tertiary alicyclic amines) is 1. The Bertz CT molecular complexity index is 983. The standard InChI is InChI=1S/C23H24FN3O2/c24-19-5-7-20(8-6-19)29-21-15-26(16-21)14-18-13-17-3-1-2-4-22(17)25-23(18)27-9-11-28-12-10-27/h1-8,13,21H,9-12,14-16H2. The number of nitrogens with zero attached hydrogens (tertiary/aromatic N) is 3. The molecule has 5 nitrogen and oxygen atoms in total. The molecule has 3 aromatic rings. The largest absolute Gasteiger partial charge is 0.488 e. The number of hydrogen-bond donors (Lipinski definition) is 0. The second-order valence-corrected chi connectivity index (χ2v) is 7.65. The number of aromatic nitrogens is 1. The fourth-order valence-electron chi connectivity index (χ4n) is 3.99. The van der Waals surface area contributed by atoms with Gasteiger partial charge in [0.2, 0.25) is 0 Å². The Morgan fingerprint density at radius 1 is 1.03 bits per heavy atom. The van der Waals surface area contributed by atoms with E-state index in [4.69, 9.17) is 14.5 Å². The summed E-state index contributed by atoms with van der Waals surface area (Å²) in [5, 5.41) is 1.17. The van der Waals surface area contributed by atoms with E-state index in [0.717, 1.165) is 63.0 Å². The van der Waals surface area contributed by atoms with Crippen LogP contribution in [0, 0.1) is 5.82 Å². The van der Waals surface area contributed by atoms with Crippen LogP contribution in [0.25, 0.3) is 10.9 Å². The van der Waals surface area contributed by atoms with Crippen molar-refractivity contribution in [1.29, 1.82) is 0 Å². The lowest BCUT2D eigenvalue weighted by Gasteiger charge is -2.40. The van der Waals surface area contributed by atoms with Crippen LogP contribution in [0.5, 0.6) is 5.75 Å². The van der Waals surface area contributed by atoms with Crippen LogP contribution in [0.3, 0.4) is 0 Å². The molecule has 0 aliphatic carbocycles. The van der Waals surface area contributed by atoms with E-state index in [1.807, 2.05) is 6.07 Å². The molecule has 6 heteroatoms. The number of ether oxygens (including phenoxy) is 2. The van der Waals surface area contributed by atoms with Crippen molar-refractivity contribution >= 4 is 16.7 Å². The van der Waals surface area contributed by atoms with Crippen molar-refractivity contribution in [3.05, 3.63) is 66.0 Å². The van der Waals surface area contributed by atoms with Crippen molar-refractivity contribution < 1.29 is 13.9 Å². The van der Waals surface area contributed by atoms with Crippen LogP contribution >= 0.6 is 0 Å². The monoisotopic (exact) mass is 393 g/mol. The van der Waals surface area contributed by atoms with Crippen molar-refractivity contribution in [3.8, 4) is 5.75 Å². The van der Waals surface area contributed by atoms with E-state index in [1.165, 1.54) is 23.1 Å². The minimum absolute atomic E-state index is 0.140. The molecular weight excluding hydrogens is 369 g/mol. The zero-order valence-electron chi connectivity index (χ0n) is 16.3. The molecule has 0 atom stereocenters. The molecular formula is C23H24FN3O2. The average Bonchev–Trinajstić information content (AvgIpc) is 2.73. The van der Waals surface area contributed by atoms with Crippen LogP contribution in [0.1, 0.15) is 5.56 Å². The third kappa shape index (κ3) is 4.04. The van der Waals surface area contributed by atoms with Crippen LogP contribution in [0.4, 0.5) is 10.2 Å². The van der Waals surface area contributed by atoms with Crippen LogP contribution in [-0.4, -0.2) is 55.4 Å². The Balaban J connectivity index is 1.30. The summed E-state index contributed by atoms with van der Waals surface area (Å²) in [6, 6.07) is 16.8. The Labute approximate surface area is 169 Å². The quantitative estimate of drug-likeness (QED) is 0.664. The third-order valence-corrected chi connectivity index (χ3v) is 5.52. The molecule has 0 saturated carbocycles. The molecule has 0 bridgehead atoms. The molecule has 2 aliphatic heterocycles. The molecule has 2 aliphatic rings. The summed E-state index contributed by atoms with van der Waals surface area (Å²) in [6.45, 7) is 5.77. The lowest BCUT2D eigenvalue weighted by atomic mass is 10.1. The predicted octanol–water partition coefficient (Wildman–Crippen LogP) is 3.47. The van der Waals surface area contributed by atoms with E-state index in [9.17, 15) is 4.39 Å². The van der Waals surface area contributed by atoms with Crippen LogP contribution in [0.2, 0.25) is 0 Å². The van der Waals surface area contributed by atoms with Crippen molar-refractivity contribution in [2.45, 2.75) is 12.6 Å². The van der Waals surface area contributed by atoms with Gasteiger partial charge in [-0.1, -0.05) is 18.2 Å². The molecule has 2 fully saturated rings. The van der Waals surface area contributed by atoms with E-state index in [0.29, 0.717) is 0 Å². The van der Waals surface area contributed by atoms with Crippen LogP contribution in [0.15, 0.2) is 54.6 Å². The van der Waals surface area contributed by atoms with Gasteiger partial charge in [0.15, 0.2) is 0 Å². The van der Waals surface area contributed by atoms with Gasteiger partial charge >= 0.3 is 0 Å². The number of morpholine rings is 1. The summed E-state index contributed by atoms with van der Waals surface area (Å²) in [4.78, 5) is 9.68. The highest BCUT2D eigenvalue weighted by Crippen LogP contribution is 2.28. The van der Waals surface area contributed by atoms with Gasteiger partial charge in [-0.15, -0.1) is 0 Å². The van der Waals surface area contributed by atoms with E-state index in [-0.39, 0.29) is 11.9 Å². The highest BCUT2D eigenvalue weighted by atomic mass is 19.1. The van der Waals surface area contributed by atoms with Gasteiger partial charge in [-0.2, -0.15) is 0 Å². The highest BCUT2D eigenvalue weighted by Gasteiger charge is 2.30. The SMILES string of the molecule is Fc1ccc(OC2CN(Cc3cc4ccccc4nc3N3CCOCC3)C2)cc1. The molecule has 0 N–H and O–H groups in total. The fourth-order valence-corrected chi connectivity index (χ4v) is 3.99. The Morgan fingerprint density at radius 3 is 2.59 bits per heavy atom. The zero-order chi connectivity index (χ0) is 19.6. The van der Waals surface area contributed by atoms with Crippen molar-refractivity contribution in [1.82, 2.24) is 9.88 Å². The van der Waals surface area contributed by atoms with Crippen LogP contribution < -0.4 is 9.64 Å². The maximum absolute atomic E-state index is 13.0. The molecule has 0 unspecified atom stereocenters. The highest BCUT2D eigenvalue weighted by molar-refractivity contribution is 5.81. The third-order valence-electron chi connectivity index (χ3n) is 5.52. The van der Waals surface area contributed by atoms with Gasteiger partial charge in [-0.05, 0) is 36.4 Å². The number of anilines is 1. The summed E-state index contributed by atoms with van der Waals surface area (Å²) in [5.74, 6) is 1.54. The number of rotatable bonds is 5. The van der Waals surface area contributed by atoms with E-state index in [2.05, 4.69) is 34.1 Å². The van der Waals surface area contributed by atoms with Gasteiger partial charge in [0.25, 0.3) is 0 Å². The Kier molecular flexibility index (Phi) is 5.04. The minimum Gasteiger partial charge on any atom is -0.488 e. The predicted molar refractivity (Wildman–Crippen MR) is 111 cm³/mol. The number of halogens is 1. The number of hydrogen-bond acceptors (Lipinski definition) is 5. The molecule has 1 aromatic heterocycles. The second-order valence-electron chi connectivity index (χ2n) is 7.65. The summed E-state index contributed by atoms with van der Waals surface area (Å²) in [6.07, 6.45) is 0.140. The van der Waals surface area contributed by atoms with Gasteiger partial charge in [-0.3, -0.25) is 4.90 Å². The number of para-hydroxylation sites is 1. The first-order valence-electron chi connectivity index (χ1n) is 10.1. The van der Waals surface area contributed by atoms with Gasteiger partial charge in [0, 0.05) is 43.7 Å². The molecule has 0 spiro atoms. The first-order valence-corrected chi connectivity index (χ1v) is 10.1. The lowest BCUT2D eigenvalue weighted by molar-refractivity contribution is 0.0145. The van der Waals surface area contributed by atoms with Crippen molar-refractivity contribution in [2.75, 3.05) is 44.3 Å². The molecule has 29 heavy (non-hydrogen) atoms. The van der Waals surface area contributed by atoms with Gasteiger partial charge < -0.3 is 14.4 Å². The Morgan fingerprint density at radius 2 is 1.79 bits per heavy atom. The number of pyridine rings is 1. The molecule has 2 saturated heterocycles. The van der Waals surface area contributed by atoms with E-state index in [1.54, 1.807) is 12.1 Å². The van der Waals surface area contributed by atoms with Gasteiger partial charge in [-0.25, -0.2) is 9.37 Å². The maximum atomic E-state index is 13.0. The maximum Gasteiger partial charge on any atom is 0.133 e. The average molecular weight is 393 g/mol. The molecule has 0 amide bonds. The molecule has 5 rings (SSSR count). The van der Waals surface area contributed by atoms with Crippen LogP contribution in [-0.2, 0) is 11.3 Å². The normalized spacial score (nSPS) is 18.0. The summed E-state index contributed by atoms with van der Waals surface area (Å²) in [7, 11) is 0. The summed E-state index contributed by atoms with van der Waals surface area (Å²) >= 11 is 0. The zero-order valence-corrected chi connectivity index (χ0v) is 16.3. The smallest absolute Gasteiger partial charge is 0.133 e. The molecule has 0 radical (unpaired) electrons. The van der Waals surface area contributed by atoms with Crippen molar-refractivity contribution in [2.24, 2.45) is 0 Å². The van der Waals surface area contributed by atoms with E-state index < -0.39 is 0 Å². The number of benzene rings is 2. The van der Waals surface area contributed by atoms with Gasteiger partial charge in [0.1, 0.15) is 23.5 Å². The summed E-state index contributed by atoms with van der Waals surface area (Å²) < 4.78 is 24.5. The summed E-state index contributed by atoms with van der Waals surface area (Å²) in [5.41, 5.74) is 2.27. The topological polar surface area (TPSA) is 37.8 Å². The molecule has 3 heterocycles. The first-order chi connectivity index (χ1) is 14.2. The first kappa shape index (κ1) is 18.3. The number of fused-ring (bicyclic) bond motifs is 1. The lowest BCUT2D eigenvalue weighted by Crippen LogP contribution is -2.53. The fraction of sp³-hybridized carbons (Fsp3) is 0.348. The van der Waals surface area contributed by atoms with Gasteiger partial charge in [0.05, 0.1) is 18.7 Å². The van der Waals surface area contributed by atoms with E-state index >= 15 is 0 Å². The second kappa shape index (κ2) is 7.97. The Hall–Kier alpha value is -2.70. The molecule has 2 aromatic carbocycles. The molecule has 150 valence electrons. The van der Waals surface area contributed by atoms with Crippen molar-refractivity contribution in [3.63, 3.8) is 0 Å². The minimum atomic E-state index is -0.243.